The van der Waals surface area contributed by atoms with Gasteiger partial charge < -0.3 is 5.10 Å². The average molecular weight is 252 g/mol. The third-order valence-electron chi connectivity index (χ3n) is 3.15. The van der Waals surface area contributed by atoms with E-state index in [1.807, 2.05) is 6.92 Å². The second kappa shape index (κ2) is 6.33. The second-order valence-corrected chi connectivity index (χ2v) is 4.51. The van der Waals surface area contributed by atoms with Crippen LogP contribution in [-0.2, 0) is 16.1 Å². The number of ketones is 2. The van der Waals surface area contributed by atoms with E-state index in [0.717, 1.165) is 12.0 Å². The molecule has 100 valence electrons. The van der Waals surface area contributed by atoms with Gasteiger partial charge in [0.25, 0.3) is 5.56 Å². The predicted molar refractivity (Wildman–Crippen MR) is 68.5 cm³/mol. The van der Waals surface area contributed by atoms with Crippen molar-refractivity contribution in [3.8, 4) is 0 Å². The molecule has 18 heavy (non-hydrogen) atoms. The number of aromatic amines is 1. The Kier molecular flexibility index (Phi) is 5.07. The highest BCUT2D eigenvalue weighted by molar-refractivity contribution is 6.03. The van der Waals surface area contributed by atoms with Crippen molar-refractivity contribution in [1.82, 2.24) is 9.78 Å². The molecule has 2 rings (SSSR count). The first-order valence-electron chi connectivity index (χ1n) is 6.27. The summed E-state index contributed by atoms with van der Waals surface area (Å²) in [5.41, 5.74) is 0.856. The van der Waals surface area contributed by atoms with Crippen LogP contribution in [-0.4, -0.2) is 21.3 Å². The van der Waals surface area contributed by atoms with Gasteiger partial charge in [0.2, 0.25) is 0 Å². The topological polar surface area (TPSA) is 71.9 Å². The summed E-state index contributed by atoms with van der Waals surface area (Å²) in [4.78, 5) is 32.5. The van der Waals surface area contributed by atoms with Crippen molar-refractivity contribution < 1.29 is 9.59 Å². The van der Waals surface area contributed by atoms with Crippen molar-refractivity contribution in [2.45, 2.75) is 46.6 Å². The summed E-state index contributed by atoms with van der Waals surface area (Å²) < 4.78 is 1.56. The molecule has 5 heteroatoms. The van der Waals surface area contributed by atoms with E-state index in [9.17, 15) is 14.4 Å². The molecule has 5 nitrogen and oxygen atoms in total. The van der Waals surface area contributed by atoms with E-state index < -0.39 is 0 Å². The van der Waals surface area contributed by atoms with Gasteiger partial charge in [0, 0.05) is 31.1 Å². The van der Waals surface area contributed by atoms with Crippen LogP contribution in [0.2, 0.25) is 0 Å². The number of nitrogens with one attached hydrogen (secondary N) is 1. The summed E-state index contributed by atoms with van der Waals surface area (Å²) in [6.45, 7) is 6.14. The van der Waals surface area contributed by atoms with Gasteiger partial charge in [-0.3, -0.25) is 19.1 Å². The number of hydrogen-bond acceptors (Lipinski definition) is 3. The number of nitrogens with zero attached hydrogens (tertiary/aromatic N) is 1. The normalized spacial score (nSPS) is 16.4. The highest BCUT2D eigenvalue weighted by Gasteiger charge is 2.24. The maximum atomic E-state index is 10.9. The minimum atomic E-state index is -0.307. The number of Topliss-reactive ketones (excluding diaryl/α,β-unsaturated/α-hetero) is 2. The third kappa shape index (κ3) is 3.42. The second-order valence-electron chi connectivity index (χ2n) is 4.51. The third-order valence-corrected chi connectivity index (χ3v) is 3.15. The van der Waals surface area contributed by atoms with Crippen LogP contribution in [0.5, 0.6) is 0 Å². The molecular weight excluding hydrogens is 232 g/mol. The molecule has 1 aromatic heterocycles. The molecule has 1 N–H and O–H groups in total. The van der Waals surface area contributed by atoms with Gasteiger partial charge in [-0.25, -0.2) is 0 Å². The summed E-state index contributed by atoms with van der Waals surface area (Å²) in [7, 11) is 0. The zero-order valence-electron chi connectivity index (χ0n) is 11.2. The molecule has 1 aliphatic rings. The fourth-order valence-corrected chi connectivity index (χ4v) is 1.79. The largest absolute Gasteiger partial charge is 0.303 e. The predicted octanol–water partition coefficient (Wildman–Crippen LogP) is 1.45. The van der Waals surface area contributed by atoms with Crippen molar-refractivity contribution >= 4 is 11.6 Å². The number of hydrogen-bond donors (Lipinski definition) is 1. The van der Waals surface area contributed by atoms with E-state index in [4.69, 9.17) is 0 Å². The number of aryl methyl sites for hydroxylation is 2. The van der Waals surface area contributed by atoms with Gasteiger partial charge in [-0.05, 0) is 27.2 Å². The van der Waals surface area contributed by atoms with Crippen molar-refractivity contribution in [3.63, 3.8) is 0 Å². The molecule has 1 saturated carbocycles. The Morgan fingerprint density at radius 1 is 1.28 bits per heavy atom. The van der Waals surface area contributed by atoms with E-state index >= 15 is 0 Å². The number of rotatable bonds is 1. The molecule has 1 heterocycles. The maximum absolute atomic E-state index is 10.9. The summed E-state index contributed by atoms with van der Waals surface area (Å²) in [5, 5.41) is 2.83. The van der Waals surface area contributed by atoms with E-state index in [1.165, 1.54) is 0 Å². The maximum Gasteiger partial charge on any atom is 0.269 e. The first kappa shape index (κ1) is 14.4. The van der Waals surface area contributed by atoms with Crippen LogP contribution in [0.3, 0.4) is 0 Å². The first-order chi connectivity index (χ1) is 8.47. The van der Waals surface area contributed by atoms with Crippen LogP contribution in [0, 0.1) is 12.8 Å². The Bertz CT molecular complexity index is 469. The van der Waals surface area contributed by atoms with Gasteiger partial charge in [0.15, 0.2) is 0 Å². The zero-order valence-corrected chi connectivity index (χ0v) is 11.2. The number of carbonyl (C=O) groups is 2. The molecule has 0 spiro atoms. The van der Waals surface area contributed by atoms with Crippen molar-refractivity contribution in [2.24, 2.45) is 5.92 Å². The number of carbonyl (C=O) groups excluding carboxylic acids is 2. The standard InChI is InChI=1S/C7H10O2.C6H10N2O/c1-5-6(8)3-2-4-7(5)9;1-3-8-6(9)5(2)4-7-8/h5H,2-4H2,1H3;4,7H,3H2,1-2H3. The summed E-state index contributed by atoms with van der Waals surface area (Å²) in [6.07, 6.45) is 3.69. The molecule has 0 radical (unpaired) electrons. The molecule has 0 saturated heterocycles. The van der Waals surface area contributed by atoms with Gasteiger partial charge in [-0.1, -0.05) is 0 Å². The Labute approximate surface area is 106 Å². The SMILES string of the molecule is CC1C(=O)CCCC1=O.CCn1[nH]cc(C)c1=O. The van der Waals surface area contributed by atoms with Gasteiger partial charge in [0.05, 0.1) is 5.92 Å². The average Bonchev–Trinajstić information content (AvgIpc) is 2.67. The summed E-state index contributed by atoms with van der Waals surface area (Å²) in [5.74, 6) is -0.0729. The molecule has 0 bridgehead atoms. The molecule has 0 atom stereocenters. The highest BCUT2D eigenvalue weighted by Crippen LogP contribution is 2.15. The summed E-state index contributed by atoms with van der Waals surface area (Å²) >= 11 is 0. The van der Waals surface area contributed by atoms with Crippen LogP contribution in [0.1, 0.15) is 38.7 Å². The Hall–Kier alpha value is -1.65. The van der Waals surface area contributed by atoms with Crippen LogP contribution >= 0.6 is 0 Å². The molecule has 1 fully saturated rings. The Morgan fingerprint density at radius 2 is 1.83 bits per heavy atom. The lowest BCUT2D eigenvalue weighted by Gasteiger charge is -2.13. The lowest BCUT2D eigenvalue weighted by molar-refractivity contribution is -0.134. The smallest absolute Gasteiger partial charge is 0.269 e. The first-order valence-corrected chi connectivity index (χ1v) is 6.27. The summed E-state index contributed by atoms with van der Waals surface area (Å²) in [6, 6.07) is 0. The molecule has 1 aromatic rings. The molecular formula is C13H20N2O3. The molecule has 0 unspecified atom stereocenters. The molecule has 1 aliphatic carbocycles. The van der Waals surface area contributed by atoms with Gasteiger partial charge in [0.1, 0.15) is 11.6 Å². The molecule has 0 amide bonds. The van der Waals surface area contributed by atoms with Crippen molar-refractivity contribution in [2.75, 3.05) is 0 Å². The van der Waals surface area contributed by atoms with Gasteiger partial charge >= 0.3 is 0 Å². The van der Waals surface area contributed by atoms with Crippen LogP contribution < -0.4 is 5.56 Å². The van der Waals surface area contributed by atoms with E-state index in [2.05, 4.69) is 5.10 Å². The lowest BCUT2D eigenvalue weighted by atomic mass is 9.88. The van der Waals surface area contributed by atoms with Crippen LogP contribution in [0.4, 0.5) is 0 Å². The monoisotopic (exact) mass is 252 g/mol. The minimum Gasteiger partial charge on any atom is -0.303 e. The number of H-pyrrole nitrogens is 1. The Morgan fingerprint density at radius 3 is 2.11 bits per heavy atom. The van der Waals surface area contributed by atoms with Crippen LogP contribution in [0.15, 0.2) is 11.0 Å². The highest BCUT2D eigenvalue weighted by atomic mass is 16.2. The lowest BCUT2D eigenvalue weighted by Crippen LogP contribution is -2.25. The van der Waals surface area contributed by atoms with E-state index in [-0.39, 0.29) is 23.0 Å². The number of aromatic nitrogens is 2. The van der Waals surface area contributed by atoms with E-state index in [1.54, 1.807) is 24.7 Å². The fraction of sp³-hybridized carbons (Fsp3) is 0.615. The van der Waals surface area contributed by atoms with Crippen molar-refractivity contribution in [1.29, 1.82) is 0 Å². The Balaban J connectivity index is 0.000000180. The quantitative estimate of drug-likeness (QED) is 0.769. The van der Waals surface area contributed by atoms with Gasteiger partial charge in [-0.2, -0.15) is 0 Å². The van der Waals surface area contributed by atoms with Gasteiger partial charge in [-0.15, -0.1) is 0 Å². The fourth-order valence-electron chi connectivity index (χ4n) is 1.79. The molecule has 0 aromatic carbocycles. The van der Waals surface area contributed by atoms with Crippen LogP contribution in [0.25, 0.3) is 0 Å². The van der Waals surface area contributed by atoms with Crippen molar-refractivity contribution in [3.05, 3.63) is 22.1 Å². The molecule has 0 aliphatic heterocycles. The van der Waals surface area contributed by atoms with E-state index in [0.29, 0.717) is 19.4 Å². The minimum absolute atomic E-state index is 0.0810. The zero-order chi connectivity index (χ0) is 13.7.